The number of rotatable bonds is 5. The van der Waals surface area contributed by atoms with Gasteiger partial charge in [-0.25, -0.2) is 9.78 Å². The van der Waals surface area contributed by atoms with Crippen LogP contribution in [-0.4, -0.2) is 20.6 Å². The summed E-state index contributed by atoms with van der Waals surface area (Å²) in [7, 11) is 0. The highest BCUT2D eigenvalue weighted by Gasteiger charge is 2.18. The van der Waals surface area contributed by atoms with Crippen LogP contribution >= 0.6 is 0 Å². The van der Waals surface area contributed by atoms with Crippen LogP contribution in [0.2, 0.25) is 0 Å². The fraction of sp³-hybridized carbons (Fsp3) is 0.556. The molecule has 1 rings (SSSR count). The Hall–Kier alpha value is -1.36. The van der Waals surface area contributed by atoms with Crippen LogP contribution in [0, 0.1) is 0 Å². The van der Waals surface area contributed by atoms with E-state index in [1.807, 2.05) is 6.92 Å². The van der Waals surface area contributed by atoms with Crippen molar-refractivity contribution in [2.75, 3.05) is 0 Å². The van der Waals surface area contributed by atoms with E-state index >= 15 is 0 Å². The van der Waals surface area contributed by atoms with E-state index in [1.54, 1.807) is 10.8 Å². The van der Waals surface area contributed by atoms with Gasteiger partial charge in [0.1, 0.15) is 6.04 Å². The average molecular weight is 197 g/mol. The number of carboxylic acids is 1. The summed E-state index contributed by atoms with van der Waals surface area (Å²) < 4.78 is 1.61. The molecule has 0 saturated heterocycles. The average Bonchev–Trinajstić information content (AvgIpc) is 2.61. The lowest BCUT2D eigenvalue weighted by molar-refractivity contribution is -0.141. The maximum atomic E-state index is 10.9. The Bertz CT molecular complexity index is 309. The van der Waals surface area contributed by atoms with Gasteiger partial charge < -0.3 is 15.4 Å². The van der Waals surface area contributed by atoms with Crippen LogP contribution < -0.4 is 5.73 Å². The molecule has 0 radical (unpaired) electrons. The number of hydrogen-bond acceptors (Lipinski definition) is 3. The highest BCUT2D eigenvalue weighted by molar-refractivity contribution is 5.71. The third-order valence-corrected chi connectivity index (χ3v) is 2.07. The van der Waals surface area contributed by atoms with Crippen molar-refractivity contribution >= 4 is 5.97 Å². The fourth-order valence-electron chi connectivity index (χ4n) is 1.33. The van der Waals surface area contributed by atoms with E-state index in [9.17, 15) is 4.79 Å². The van der Waals surface area contributed by atoms with E-state index in [4.69, 9.17) is 10.8 Å². The van der Waals surface area contributed by atoms with Gasteiger partial charge in [0.2, 0.25) is 0 Å². The molecular weight excluding hydrogens is 182 g/mol. The number of carboxylic acid groups (broad SMARTS) is 1. The molecule has 1 aromatic heterocycles. The summed E-state index contributed by atoms with van der Waals surface area (Å²) in [6.45, 7) is 2.29. The third-order valence-electron chi connectivity index (χ3n) is 2.07. The molecule has 1 aromatic rings. The van der Waals surface area contributed by atoms with Crippen molar-refractivity contribution in [1.29, 1.82) is 0 Å². The largest absolute Gasteiger partial charge is 0.480 e. The molecule has 1 heterocycles. The summed E-state index contributed by atoms with van der Waals surface area (Å²) in [6, 6.07) is -0.521. The maximum Gasteiger partial charge on any atom is 0.326 e. The summed E-state index contributed by atoms with van der Waals surface area (Å²) in [5.41, 5.74) is 6.11. The standard InChI is InChI=1S/C9H15N3O2/c1-2-3-8(9(13)14)12-5-7(4-10)11-6-12/h5-6,8H,2-4,10H2,1H3,(H,13,14). The van der Waals surface area contributed by atoms with Gasteiger partial charge in [-0.15, -0.1) is 0 Å². The van der Waals surface area contributed by atoms with Gasteiger partial charge in [-0.1, -0.05) is 13.3 Å². The summed E-state index contributed by atoms with van der Waals surface area (Å²) in [4.78, 5) is 14.9. The van der Waals surface area contributed by atoms with E-state index < -0.39 is 12.0 Å². The molecule has 0 aliphatic heterocycles. The molecule has 0 aliphatic carbocycles. The molecular formula is C9H15N3O2. The van der Waals surface area contributed by atoms with Crippen molar-refractivity contribution < 1.29 is 9.90 Å². The van der Waals surface area contributed by atoms with E-state index in [0.717, 1.165) is 6.42 Å². The lowest BCUT2D eigenvalue weighted by Crippen LogP contribution is -2.17. The Labute approximate surface area is 82.6 Å². The molecule has 0 fully saturated rings. The van der Waals surface area contributed by atoms with Gasteiger partial charge in [0.25, 0.3) is 0 Å². The molecule has 1 atom stereocenters. The van der Waals surface area contributed by atoms with Gasteiger partial charge in [0, 0.05) is 12.7 Å². The predicted octanol–water partition coefficient (Wildman–Crippen LogP) is 0.768. The second-order valence-electron chi connectivity index (χ2n) is 3.16. The molecule has 1 unspecified atom stereocenters. The third kappa shape index (κ3) is 2.32. The van der Waals surface area contributed by atoms with Crippen LogP contribution in [0.3, 0.4) is 0 Å². The monoisotopic (exact) mass is 197 g/mol. The molecule has 0 saturated carbocycles. The second kappa shape index (κ2) is 4.76. The highest BCUT2D eigenvalue weighted by atomic mass is 16.4. The Morgan fingerprint density at radius 1 is 1.79 bits per heavy atom. The normalized spacial score (nSPS) is 12.7. The Balaban J connectivity index is 2.81. The van der Waals surface area contributed by atoms with Crippen molar-refractivity contribution in [1.82, 2.24) is 9.55 Å². The van der Waals surface area contributed by atoms with Gasteiger partial charge in [0.05, 0.1) is 12.0 Å². The maximum absolute atomic E-state index is 10.9. The number of hydrogen-bond donors (Lipinski definition) is 2. The molecule has 78 valence electrons. The quantitative estimate of drug-likeness (QED) is 0.730. The van der Waals surface area contributed by atoms with E-state index in [0.29, 0.717) is 18.7 Å². The molecule has 0 amide bonds. The Morgan fingerprint density at radius 2 is 2.50 bits per heavy atom. The first kappa shape index (κ1) is 10.7. The lowest BCUT2D eigenvalue weighted by Gasteiger charge is -2.11. The highest BCUT2D eigenvalue weighted by Crippen LogP contribution is 2.14. The van der Waals surface area contributed by atoms with E-state index in [-0.39, 0.29) is 0 Å². The number of aromatic nitrogens is 2. The topological polar surface area (TPSA) is 81.1 Å². The van der Waals surface area contributed by atoms with Crippen molar-refractivity contribution in [3.8, 4) is 0 Å². The lowest BCUT2D eigenvalue weighted by atomic mass is 10.2. The van der Waals surface area contributed by atoms with Gasteiger partial charge in [-0.05, 0) is 6.42 Å². The Kier molecular flexibility index (Phi) is 3.64. The minimum absolute atomic E-state index is 0.339. The van der Waals surface area contributed by atoms with Gasteiger partial charge >= 0.3 is 5.97 Å². The van der Waals surface area contributed by atoms with Crippen molar-refractivity contribution in [2.45, 2.75) is 32.4 Å². The van der Waals surface area contributed by atoms with Crippen LogP contribution in [0.5, 0.6) is 0 Å². The summed E-state index contributed by atoms with van der Waals surface area (Å²) in [5, 5.41) is 8.96. The van der Waals surface area contributed by atoms with Crippen molar-refractivity contribution in [3.63, 3.8) is 0 Å². The first-order chi connectivity index (χ1) is 6.69. The zero-order valence-electron chi connectivity index (χ0n) is 8.18. The van der Waals surface area contributed by atoms with Crippen molar-refractivity contribution in [3.05, 3.63) is 18.2 Å². The molecule has 3 N–H and O–H groups in total. The molecule has 0 aromatic carbocycles. The zero-order valence-corrected chi connectivity index (χ0v) is 8.18. The number of carbonyl (C=O) groups is 1. The first-order valence-electron chi connectivity index (χ1n) is 4.64. The SMILES string of the molecule is CCCC(C(=O)O)n1cnc(CN)c1. The minimum Gasteiger partial charge on any atom is -0.480 e. The fourth-order valence-corrected chi connectivity index (χ4v) is 1.33. The predicted molar refractivity (Wildman–Crippen MR) is 51.7 cm³/mol. The molecule has 0 aliphatic rings. The second-order valence-corrected chi connectivity index (χ2v) is 3.16. The number of imidazole rings is 1. The van der Waals surface area contributed by atoms with Crippen LogP contribution in [0.1, 0.15) is 31.5 Å². The van der Waals surface area contributed by atoms with Crippen LogP contribution in [0.25, 0.3) is 0 Å². The van der Waals surface area contributed by atoms with Crippen LogP contribution in [0.15, 0.2) is 12.5 Å². The Morgan fingerprint density at radius 3 is 2.93 bits per heavy atom. The minimum atomic E-state index is -0.826. The van der Waals surface area contributed by atoms with Gasteiger partial charge in [-0.3, -0.25) is 0 Å². The molecule has 5 heteroatoms. The summed E-state index contributed by atoms with van der Waals surface area (Å²) >= 11 is 0. The smallest absolute Gasteiger partial charge is 0.326 e. The van der Waals surface area contributed by atoms with Crippen molar-refractivity contribution in [2.24, 2.45) is 5.73 Å². The molecule has 0 spiro atoms. The molecule has 14 heavy (non-hydrogen) atoms. The van der Waals surface area contributed by atoms with E-state index in [1.165, 1.54) is 6.33 Å². The van der Waals surface area contributed by atoms with Gasteiger partial charge in [-0.2, -0.15) is 0 Å². The molecule has 5 nitrogen and oxygen atoms in total. The van der Waals surface area contributed by atoms with Crippen LogP contribution in [0.4, 0.5) is 0 Å². The zero-order chi connectivity index (χ0) is 10.6. The number of nitrogens with zero attached hydrogens (tertiary/aromatic N) is 2. The first-order valence-corrected chi connectivity index (χ1v) is 4.64. The molecule has 0 bridgehead atoms. The number of aliphatic carboxylic acids is 1. The van der Waals surface area contributed by atoms with E-state index in [2.05, 4.69) is 4.98 Å². The summed E-state index contributed by atoms with van der Waals surface area (Å²) in [6.07, 6.45) is 4.65. The van der Waals surface area contributed by atoms with Crippen LogP contribution in [-0.2, 0) is 11.3 Å². The number of nitrogens with two attached hydrogens (primary N) is 1. The summed E-state index contributed by atoms with van der Waals surface area (Å²) in [5.74, 6) is -0.826. The van der Waals surface area contributed by atoms with Gasteiger partial charge in [0.15, 0.2) is 0 Å².